The van der Waals surface area contributed by atoms with Crippen molar-refractivity contribution in [3.8, 4) is 5.75 Å². The van der Waals surface area contributed by atoms with Crippen LogP contribution in [0.5, 0.6) is 5.75 Å². The number of aliphatic imine (C=N–C) groups is 1. The second kappa shape index (κ2) is 10.4. The van der Waals surface area contributed by atoms with Crippen molar-refractivity contribution < 1.29 is 19.2 Å². The van der Waals surface area contributed by atoms with Gasteiger partial charge < -0.3 is 9.47 Å². The van der Waals surface area contributed by atoms with Crippen LogP contribution < -0.4 is 4.74 Å². The lowest BCUT2D eigenvalue weighted by Gasteiger charge is -2.12. The van der Waals surface area contributed by atoms with E-state index in [1.165, 1.54) is 12.1 Å². The zero-order valence-electron chi connectivity index (χ0n) is 17.6. The maximum atomic E-state index is 12.4. The molecule has 0 N–H and O–H groups in total. The van der Waals surface area contributed by atoms with Gasteiger partial charge in [0.05, 0.1) is 13.9 Å². The smallest absolute Gasteiger partial charge is 0.363 e. The molecule has 0 spiro atoms. The third kappa shape index (κ3) is 5.23. The summed E-state index contributed by atoms with van der Waals surface area (Å²) in [5.41, 5.74) is 2.55. The van der Waals surface area contributed by atoms with E-state index in [1.54, 1.807) is 19.1 Å². The van der Waals surface area contributed by atoms with E-state index in [0.717, 1.165) is 9.13 Å². The Morgan fingerprint density at radius 2 is 1.85 bits per heavy atom. The fourth-order valence-electron chi connectivity index (χ4n) is 3.30. The first-order valence-corrected chi connectivity index (χ1v) is 12.5. The number of benzene rings is 3. The Labute approximate surface area is 225 Å². The van der Waals surface area contributed by atoms with Gasteiger partial charge in [-0.1, -0.05) is 24.3 Å². The lowest BCUT2D eigenvalue weighted by molar-refractivity contribution is -0.385. The number of cyclic esters (lactones) is 1. The van der Waals surface area contributed by atoms with Crippen LogP contribution >= 0.6 is 54.5 Å². The van der Waals surface area contributed by atoms with E-state index < -0.39 is 10.9 Å². The lowest BCUT2D eigenvalue weighted by Crippen LogP contribution is -2.08. The van der Waals surface area contributed by atoms with Crippen LogP contribution in [0.25, 0.3) is 6.08 Å². The van der Waals surface area contributed by atoms with Crippen molar-refractivity contribution in [3.05, 3.63) is 105 Å². The number of nitro benzene ring substituents is 1. The van der Waals surface area contributed by atoms with Crippen molar-refractivity contribution in [2.24, 2.45) is 4.99 Å². The maximum Gasteiger partial charge on any atom is 0.363 e. The topological polar surface area (TPSA) is 91.0 Å². The van der Waals surface area contributed by atoms with Gasteiger partial charge in [-0.3, -0.25) is 10.1 Å². The molecule has 4 rings (SSSR count). The van der Waals surface area contributed by atoms with Gasteiger partial charge in [0.1, 0.15) is 12.4 Å². The molecule has 0 aromatic heterocycles. The standard InChI is InChI=1S/C24H15Br2IN2O5/c1-13-16(6-4-8-21(13)29(31)32)23-28-20(24(30)34-23)11-14-9-17(25)22(18(26)10-14)33-12-15-5-2-3-7-19(15)27/h2-11H,12H2,1H3/b20-11-. The predicted octanol–water partition coefficient (Wildman–Crippen LogP) is 6.96. The highest BCUT2D eigenvalue weighted by Crippen LogP contribution is 2.36. The third-order valence-electron chi connectivity index (χ3n) is 5.01. The fraction of sp³-hybridized carbons (Fsp3) is 0.0833. The van der Waals surface area contributed by atoms with Gasteiger partial charge in [0.15, 0.2) is 5.70 Å². The van der Waals surface area contributed by atoms with Gasteiger partial charge in [0, 0.05) is 26.3 Å². The van der Waals surface area contributed by atoms with Gasteiger partial charge in [-0.2, -0.15) is 0 Å². The number of nitro groups is 1. The van der Waals surface area contributed by atoms with Crippen LogP contribution in [0.1, 0.15) is 22.3 Å². The van der Waals surface area contributed by atoms with Gasteiger partial charge >= 0.3 is 5.97 Å². The first-order valence-electron chi connectivity index (χ1n) is 9.87. The van der Waals surface area contributed by atoms with Gasteiger partial charge in [-0.25, -0.2) is 9.79 Å². The molecule has 7 nitrogen and oxygen atoms in total. The quantitative estimate of drug-likeness (QED) is 0.0914. The summed E-state index contributed by atoms with van der Waals surface area (Å²) in [6, 6.07) is 16.1. The van der Waals surface area contributed by atoms with E-state index in [-0.39, 0.29) is 17.3 Å². The van der Waals surface area contributed by atoms with E-state index in [2.05, 4.69) is 59.4 Å². The van der Waals surface area contributed by atoms with Gasteiger partial charge in [0.25, 0.3) is 5.69 Å². The molecule has 0 saturated carbocycles. The number of esters is 1. The monoisotopic (exact) mass is 696 g/mol. The molecule has 1 aliphatic rings. The highest BCUT2D eigenvalue weighted by molar-refractivity contribution is 14.1. The van der Waals surface area contributed by atoms with Crippen molar-refractivity contribution in [2.75, 3.05) is 0 Å². The summed E-state index contributed by atoms with van der Waals surface area (Å²) in [6.07, 6.45) is 1.58. The molecule has 1 aliphatic heterocycles. The second-order valence-corrected chi connectivity index (χ2v) is 10.1. The minimum Gasteiger partial charge on any atom is -0.486 e. The largest absolute Gasteiger partial charge is 0.486 e. The molecule has 0 bridgehead atoms. The molecular formula is C24H15Br2IN2O5. The minimum absolute atomic E-state index is 0.0352. The molecule has 0 fully saturated rings. The highest BCUT2D eigenvalue weighted by atomic mass is 127. The minimum atomic E-state index is -0.632. The number of carbonyl (C=O) groups is 1. The normalized spacial score (nSPS) is 14.2. The molecule has 3 aromatic rings. The van der Waals surface area contributed by atoms with Gasteiger partial charge in [-0.15, -0.1) is 0 Å². The lowest BCUT2D eigenvalue weighted by atomic mass is 10.1. The molecule has 0 unspecified atom stereocenters. The maximum absolute atomic E-state index is 12.4. The van der Waals surface area contributed by atoms with Crippen molar-refractivity contribution in [1.82, 2.24) is 0 Å². The zero-order chi connectivity index (χ0) is 24.4. The Hall–Kier alpha value is -2.57. The summed E-state index contributed by atoms with van der Waals surface area (Å²) in [4.78, 5) is 27.5. The molecular weight excluding hydrogens is 683 g/mol. The van der Waals surface area contributed by atoms with E-state index in [9.17, 15) is 14.9 Å². The van der Waals surface area contributed by atoms with Crippen LogP contribution in [0.2, 0.25) is 0 Å². The molecule has 34 heavy (non-hydrogen) atoms. The first kappa shape index (κ1) is 24.6. The zero-order valence-corrected chi connectivity index (χ0v) is 22.9. The van der Waals surface area contributed by atoms with Crippen molar-refractivity contribution >= 4 is 78.1 Å². The van der Waals surface area contributed by atoms with Crippen LogP contribution in [0, 0.1) is 20.6 Å². The molecule has 1 heterocycles. The highest BCUT2D eigenvalue weighted by Gasteiger charge is 2.27. The Morgan fingerprint density at radius 3 is 2.53 bits per heavy atom. The molecule has 0 saturated heterocycles. The number of rotatable bonds is 6. The average Bonchev–Trinajstić information content (AvgIpc) is 3.14. The van der Waals surface area contributed by atoms with Crippen molar-refractivity contribution in [3.63, 3.8) is 0 Å². The number of hydrogen-bond donors (Lipinski definition) is 0. The number of hydrogen-bond acceptors (Lipinski definition) is 6. The molecule has 172 valence electrons. The average molecular weight is 698 g/mol. The Balaban J connectivity index is 1.60. The summed E-state index contributed by atoms with van der Waals surface area (Å²) in [6.45, 7) is 1.99. The van der Waals surface area contributed by atoms with Crippen LogP contribution in [0.3, 0.4) is 0 Å². The number of ether oxygens (including phenoxy) is 2. The summed E-state index contributed by atoms with van der Waals surface area (Å²) >= 11 is 9.33. The van der Waals surface area contributed by atoms with Crippen molar-refractivity contribution in [2.45, 2.75) is 13.5 Å². The summed E-state index contributed by atoms with van der Waals surface area (Å²) in [5.74, 6) is 0.0346. The Kier molecular flexibility index (Phi) is 7.48. The number of carbonyl (C=O) groups excluding carboxylic acids is 1. The van der Waals surface area contributed by atoms with Crippen LogP contribution in [-0.2, 0) is 16.1 Å². The second-order valence-electron chi connectivity index (χ2n) is 7.24. The van der Waals surface area contributed by atoms with Gasteiger partial charge in [0.2, 0.25) is 5.90 Å². The fourth-order valence-corrected chi connectivity index (χ4v) is 5.30. The van der Waals surface area contributed by atoms with Crippen LogP contribution in [0.4, 0.5) is 5.69 Å². The summed E-state index contributed by atoms with van der Waals surface area (Å²) in [5, 5.41) is 11.2. The van der Waals surface area contributed by atoms with E-state index in [4.69, 9.17) is 9.47 Å². The molecule has 3 aromatic carbocycles. The van der Waals surface area contributed by atoms with E-state index >= 15 is 0 Å². The summed E-state index contributed by atoms with van der Waals surface area (Å²) < 4.78 is 13.8. The summed E-state index contributed by atoms with van der Waals surface area (Å²) in [7, 11) is 0. The third-order valence-corrected chi connectivity index (χ3v) is 7.24. The predicted molar refractivity (Wildman–Crippen MR) is 144 cm³/mol. The molecule has 0 atom stereocenters. The number of halogens is 3. The molecule has 0 radical (unpaired) electrons. The van der Waals surface area contributed by atoms with Crippen LogP contribution in [-0.4, -0.2) is 16.8 Å². The Morgan fingerprint density at radius 1 is 1.15 bits per heavy atom. The van der Waals surface area contributed by atoms with E-state index in [0.29, 0.717) is 38.0 Å². The van der Waals surface area contributed by atoms with Gasteiger partial charge in [-0.05, 0) is 97.3 Å². The SMILES string of the molecule is Cc1c(C2=N/C(=C\c3cc(Br)c(OCc4ccccc4I)c(Br)c3)C(=O)O2)cccc1[N+](=O)[O-]. The number of nitrogens with zero attached hydrogens (tertiary/aromatic N) is 2. The van der Waals surface area contributed by atoms with Crippen molar-refractivity contribution in [1.29, 1.82) is 0 Å². The Bertz CT molecular complexity index is 1360. The van der Waals surface area contributed by atoms with Crippen LogP contribution in [0.15, 0.2) is 74.2 Å². The molecule has 0 aliphatic carbocycles. The molecule has 10 heteroatoms. The molecule has 0 amide bonds. The van der Waals surface area contributed by atoms with E-state index in [1.807, 2.05) is 36.4 Å². The first-order chi connectivity index (χ1) is 16.2.